The van der Waals surface area contributed by atoms with E-state index in [0.717, 1.165) is 25.1 Å². The van der Waals surface area contributed by atoms with Gasteiger partial charge < -0.3 is 10.2 Å². The molecule has 118 valence electrons. The van der Waals surface area contributed by atoms with Crippen molar-refractivity contribution in [2.45, 2.75) is 12.5 Å². The van der Waals surface area contributed by atoms with E-state index < -0.39 is 0 Å². The summed E-state index contributed by atoms with van der Waals surface area (Å²) in [5.74, 6) is 0.0610. The summed E-state index contributed by atoms with van der Waals surface area (Å²) in [6.07, 6.45) is 4.58. The maximum absolute atomic E-state index is 12.2. The van der Waals surface area contributed by atoms with Crippen LogP contribution in [0.25, 0.3) is 17.2 Å². The van der Waals surface area contributed by atoms with Gasteiger partial charge >= 0.3 is 0 Å². The Morgan fingerprint density at radius 1 is 1.09 bits per heavy atom. The first-order chi connectivity index (χ1) is 11.2. The van der Waals surface area contributed by atoms with Crippen LogP contribution in [0.5, 0.6) is 0 Å². The second-order valence-electron chi connectivity index (χ2n) is 5.92. The topological polar surface area (TPSA) is 32.3 Å². The molecule has 0 aliphatic carbocycles. The first kappa shape index (κ1) is 15.5. The highest BCUT2D eigenvalue weighted by atomic mass is 16.2. The van der Waals surface area contributed by atoms with E-state index in [1.54, 1.807) is 6.08 Å². The van der Waals surface area contributed by atoms with Crippen LogP contribution >= 0.6 is 0 Å². The van der Waals surface area contributed by atoms with E-state index in [1.807, 2.05) is 48.4 Å². The monoisotopic (exact) mass is 306 g/mol. The standard InChI is InChI=1S/C20H22N2O/c1-22(19-13-14-21-15-19)20(23)12-9-16-7-10-18(11-8-16)17-5-3-2-4-6-17/h2-12,19,21H,13-15H2,1H3/b12-9+. The molecule has 1 atom stereocenters. The predicted molar refractivity (Wildman–Crippen MR) is 95.0 cm³/mol. The number of carbonyl (C=O) groups excluding carboxylic acids is 1. The van der Waals surface area contributed by atoms with Crippen LogP contribution in [0.3, 0.4) is 0 Å². The average Bonchev–Trinajstić information content (AvgIpc) is 3.15. The number of amides is 1. The minimum Gasteiger partial charge on any atom is -0.338 e. The molecule has 23 heavy (non-hydrogen) atoms. The minimum absolute atomic E-state index is 0.0610. The normalized spacial score (nSPS) is 17.5. The lowest BCUT2D eigenvalue weighted by molar-refractivity contribution is -0.126. The number of benzene rings is 2. The van der Waals surface area contributed by atoms with E-state index in [4.69, 9.17) is 0 Å². The van der Waals surface area contributed by atoms with Crippen molar-refractivity contribution in [2.24, 2.45) is 0 Å². The molecule has 1 aliphatic rings. The molecule has 3 rings (SSSR count). The molecule has 1 unspecified atom stereocenters. The zero-order valence-electron chi connectivity index (χ0n) is 13.4. The summed E-state index contributed by atoms with van der Waals surface area (Å²) in [4.78, 5) is 14.0. The van der Waals surface area contributed by atoms with Gasteiger partial charge in [-0.15, -0.1) is 0 Å². The summed E-state index contributed by atoms with van der Waals surface area (Å²) in [5, 5.41) is 3.29. The molecule has 0 radical (unpaired) electrons. The van der Waals surface area contributed by atoms with Crippen molar-refractivity contribution in [3.8, 4) is 11.1 Å². The highest BCUT2D eigenvalue weighted by Gasteiger charge is 2.21. The summed E-state index contributed by atoms with van der Waals surface area (Å²) in [7, 11) is 1.88. The number of likely N-dealkylation sites (N-methyl/N-ethyl adjacent to an activating group) is 1. The Bertz CT molecular complexity index is 671. The molecule has 0 aromatic heterocycles. The molecule has 1 amide bonds. The second-order valence-corrected chi connectivity index (χ2v) is 5.92. The number of rotatable bonds is 4. The van der Waals surface area contributed by atoms with Crippen LogP contribution in [0.1, 0.15) is 12.0 Å². The lowest BCUT2D eigenvalue weighted by Gasteiger charge is -2.22. The van der Waals surface area contributed by atoms with Gasteiger partial charge in [-0.3, -0.25) is 4.79 Å². The molecule has 1 aliphatic heterocycles. The SMILES string of the molecule is CN(C(=O)/C=C/c1ccc(-c2ccccc2)cc1)C1CCNC1. The quantitative estimate of drug-likeness (QED) is 0.880. The van der Waals surface area contributed by atoms with Gasteiger partial charge in [-0.25, -0.2) is 0 Å². The van der Waals surface area contributed by atoms with Crippen molar-refractivity contribution in [2.75, 3.05) is 20.1 Å². The Morgan fingerprint density at radius 2 is 1.78 bits per heavy atom. The van der Waals surface area contributed by atoms with E-state index in [2.05, 4.69) is 29.6 Å². The summed E-state index contributed by atoms with van der Waals surface area (Å²) in [5.41, 5.74) is 3.42. The molecule has 2 aromatic rings. The Hall–Kier alpha value is -2.39. The maximum Gasteiger partial charge on any atom is 0.246 e. The van der Waals surface area contributed by atoms with E-state index in [0.29, 0.717) is 6.04 Å². The Balaban J connectivity index is 1.64. The number of carbonyl (C=O) groups is 1. The van der Waals surface area contributed by atoms with Crippen molar-refractivity contribution in [1.29, 1.82) is 0 Å². The highest BCUT2D eigenvalue weighted by Crippen LogP contribution is 2.19. The van der Waals surface area contributed by atoms with Crippen molar-refractivity contribution in [1.82, 2.24) is 10.2 Å². The Morgan fingerprint density at radius 3 is 2.43 bits per heavy atom. The molecule has 1 saturated heterocycles. The third-order valence-corrected chi connectivity index (χ3v) is 4.37. The van der Waals surface area contributed by atoms with Crippen molar-refractivity contribution in [3.05, 3.63) is 66.2 Å². The van der Waals surface area contributed by atoms with Gasteiger partial charge in [0.2, 0.25) is 5.91 Å². The van der Waals surface area contributed by atoms with Gasteiger partial charge in [0.05, 0.1) is 0 Å². The van der Waals surface area contributed by atoms with Gasteiger partial charge in [0.25, 0.3) is 0 Å². The fraction of sp³-hybridized carbons (Fsp3) is 0.250. The summed E-state index contributed by atoms with van der Waals surface area (Å²) in [6, 6.07) is 18.9. The number of nitrogens with one attached hydrogen (secondary N) is 1. The summed E-state index contributed by atoms with van der Waals surface area (Å²) < 4.78 is 0. The fourth-order valence-corrected chi connectivity index (χ4v) is 2.85. The largest absolute Gasteiger partial charge is 0.338 e. The highest BCUT2D eigenvalue weighted by molar-refractivity contribution is 5.92. The number of hydrogen-bond donors (Lipinski definition) is 1. The molecular weight excluding hydrogens is 284 g/mol. The third kappa shape index (κ3) is 3.88. The minimum atomic E-state index is 0.0610. The van der Waals surface area contributed by atoms with Gasteiger partial charge in [-0.1, -0.05) is 54.6 Å². The molecule has 1 heterocycles. The zero-order valence-corrected chi connectivity index (χ0v) is 13.4. The lowest BCUT2D eigenvalue weighted by atomic mass is 10.0. The van der Waals surface area contributed by atoms with Gasteiger partial charge in [-0.2, -0.15) is 0 Å². The molecule has 3 heteroatoms. The van der Waals surface area contributed by atoms with Gasteiger partial charge in [0.15, 0.2) is 0 Å². The summed E-state index contributed by atoms with van der Waals surface area (Å²) >= 11 is 0. The van der Waals surface area contributed by atoms with Crippen molar-refractivity contribution < 1.29 is 4.79 Å². The molecule has 0 spiro atoms. The molecule has 0 saturated carbocycles. The van der Waals surface area contributed by atoms with E-state index in [9.17, 15) is 4.79 Å². The number of hydrogen-bond acceptors (Lipinski definition) is 2. The third-order valence-electron chi connectivity index (χ3n) is 4.37. The van der Waals surface area contributed by atoms with E-state index in [-0.39, 0.29) is 5.91 Å². The van der Waals surface area contributed by atoms with Crippen LogP contribution in [0.2, 0.25) is 0 Å². The van der Waals surface area contributed by atoms with Crippen LogP contribution in [0, 0.1) is 0 Å². The van der Waals surface area contributed by atoms with E-state index >= 15 is 0 Å². The van der Waals surface area contributed by atoms with Crippen LogP contribution in [0.15, 0.2) is 60.7 Å². The van der Waals surface area contributed by atoms with Crippen LogP contribution < -0.4 is 5.32 Å². The smallest absolute Gasteiger partial charge is 0.246 e. The molecule has 3 nitrogen and oxygen atoms in total. The Labute approximate surface area is 137 Å². The van der Waals surface area contributed by atoms with Crippen LogP contribution in [-0.4, -0.2) is 37.0 Å². The van der Waals surface area contributed by atoms with Crippen LogP contribution in [0.4, 0.5) is 0 Å². The molecular formula is C20H22N2O. The van der Waals surface area contributed by atoms with Crippen molar-refractivity contribution >= 4 is 12.0 Å². The summed E-state index contributed by atoms with van der Waals surface area (Å²) in [6.45, 7) is 1.88. The first-order valence-electron chi connectivity index (χ1n) is 8.05. The zero-order chi connectivity index (χ0) is 16.1. The van der Waals surface area contributed by atoms with Crippen LogP contribution in [-0.2, 0) is 4.79 Å². The first-order valence-corrected chi connectivity index (χ1v) is 8.05. The average molecular weight is 306 g/mol. The van der Waals surface area contributed by atoms with Gasteiger partial charge in [0, 0.05) is 25.7 Å². The van der Waals surface area contributed by atoms with Gasteiger partial charge in [-0.05, 0) is 35.7 Å². The molecule has 0 bridgehead atoms. The maximum atomic E-state index is 12.2. The van der Waals surface area contributed by atoms with E-state index in [1.165, 1.54) is 11.1 Å². The second kappa shape index (κ2) is 7.25. The van der Waals surface area contributed by atoms with Gasteiger partial charge in [0.1, 0.15) is 0 Å². The molecule has 1 fully saturated rings. The molecule has 2 aromatic carbocycles. The van der Waals surface area contributed by atoms with Crippen molar-refractivity contribution in [3.63, 3.8) is 0 Å². The lowest BCUT2D eigenvalue weighted by Crippen LogP contribution is -2.37. The fourth-order valence-electron chi connectivity index (χ4n) is 2.85. The number of nitrogens with zero attached hydrogens (tertiary/aromatic N) is 1. The molecule has 1 N–H and O–H groups in total. The predicted octanol–water partition coefficient (Wildman–Crippen LogP) is 3.19. The Kier molecular flexibility index (Phi) is 4.89.